The minimum absolute atomic E-state index is 0.165. The number of aromatic amines is 1. The van der Waals surface area contributed by atoms with Crippen LogP contribution in [-0.2, 0) is 0 Å². The Balaban J connectivity index is 1.44. The van der Waals surface area contributed by atoms with Gasteiger partial charge in [0, 0.05) is 11.3 Å². The summed E-state index contributed by atoms with van der Waals surface area (Å²) in [6, 6.07) is 22.4. The van der Waals surface area contributed by atoms with E-state index < -0.39 is 0 Å². The Hall–Kier alpha value is -3.99. The number of nitrogens with zero attached hydrogens (tertiary/aromatic N) is 1. The highest BCUT2D eigenvalue weighted by Crippen LogP contribution is 2.24. The number of carbonyl (C=O) groups excluding carboxylic acids is 2. The van der Waals surface area contributed by atoms with E-state index in [2.05, 4.69) is 29.1 Å². The van der Waals surface area contributed by atoms with E-state index in [1.165, 1.54) is 6.08 Å². The average molecular weight is 409 g/mol. The molecule has 0 aliphatic heterocycles. The van der Waals surface area contributed by atoms with E-state index in [4.69, 9.17) is 0 Å². The Morgan fingerprint density at radius 1 is 0.935 bits per heavy atom. The fraction of sp³-hybridized carbons (Fsp3) is 0.115. The van der Waals surface area contributed by atoms with Gasteiger partial charge in [0.1, 0.15) is 0 Å². The van der Waals surface area contributed by atoms with Crippen molar-refractivity contribution >= 4 is 34.5 Å². The zero-order valence-corrected chi connectivity index (χ0v) is 17.4. The molecule has 1 amide bonds. The van der Waals surface area contributed by atoms with Crippen molar-refractivity contribution in [3.05, 3.63) is 101 Å². The van der Waals surface area contributed by atoms with Gasteiger partial charge in [-0.1, -0.05) is 62.4 Å². The van der Waals surface area contributed by atoms with Crippen LogP contribution in [0.15, 0.2) is 78.9 Å². The number of amides is 1. The highest BCUT2D eigenvalue weighted by molar-refractivity contribution is 6.06. The van der Waals surface area contributed by atoms with Crippen LogP contribution in [-0.4, -0.2) is 21.7 Å². The van der Waals surface area contributed by atoms with Crippen LogP contribution in [0.3, 0.4) is 0 Å². The highest BCUT2D eigenvalue weighted by atomic mass is 16.1. The molecule has 0 unspecified atom stereocenters. The largest absolute Gasteiger partial charge is 0.335 e. The number of fused-ring (bicyclic) bond motifs is 1. The lowest BCUT2D eigenvalue weighted by molar-refractivity contribution is 0.102. The Labute approximate surface area is 180 Å². The molecule has 1 aromatic heterocycles. The number of allylic oxidation sites excluding steroid dienone is 1. The first-order valence-electron chi connectivity index (χ1n) is 10.2. The molecule has 0 aliphatic carbocycles. The van der Waals surface area contributed by atoms with Crippen molar-refractivity contribution in [3.8, 4) is 0 Å². The Bertz CT molecular complexity index is 1230. The second-order valence-corrected chi connectivity index (χ2v) is 7.62. The molecule has 0 atom stereocenters. The maximum absolute atomic E-state index is 12.6. The minimum atomic E-state index is -0.205. The van der Waals surface area contributed by atoms with Crippen LogP contribution in [0.25, 0.3) is 17.1 Å². The van der Waals surface area contributed by atoms with Crippen LogP contribution >= 0.6 is 0 Å². The molecule has 3 aromatic carbocycles. The predicted octanol–water partition coefficient (Wildman–Crippen LogP) is 5.83. The molecule has 5 heteroatoms. The van der Waals surface area contributed by atoms with E-state index in [9.17, 15) is 9.59 Å². The van der Waals surface area contributed by atoms with Gasteiger partial charge in [-0.25, -0.2) is 4.98 Å². The third-order valence-corrected chi connectivity index (χ3v) is 5.05. The zero-order chi connectivity index (χ0) is 21.8. The molecular weight excluding hydrogens is 386 g/mol. The third-order valence-electron chi connectivity index (χ3n) is 5.05. The quantitative estimate of drug-likeness (QED) is 0.310. The third kappa shape index (κ3) is 4.61. The summed E-state index contributed by atoms with van der Waals surface area (Å²) in [5, 5.41) is 2.99. The molecule has 31 heavy (non-hydrogen) atoms. The number of nitrogens with one attached hydrogen (secondary N) is 2. The molecule has 5 nitrogen and oxygen atoms in total. The number of carbonyl (C=O) groups is 2. The summed E-state index contributed by atoms with van der Waals surface area (Å²) in [5.74, 6) is 0.246. The van der Waals surface area contributed by atoms with Gasteiger partial charge in [0.25, 0.3) is 5.91 Å². The highest BCUT2D eigenvalue weighted by Gasteiger charge is 2.11. The van der Waals surface area contributed by atoms with Crippen LogP contribution in [0.2, 0.25) is 0 Å². The molecule has 0 spiro atoms. The van der Waals surface area contributed by atoms with Gasteiger partial charge in [0.05, 0.1) is 11.0 Å². The lowest BCUT2D eigenvalue weighted by Gasteiger charge is -2.13. The summed E-state index contributed by atoms with van der Waals surface area (Å²) in [5.41, 5.74) is 4.88. The molecule has 1 heterocycles. The van der Waals surface area contributed by atoms with Gasteiger partial charge < -0.3 is 10.3 Å². The van der Waals surface area contributed by atoms with Gasteiger partial charge in [-0.2, -0.15) is 0 Å². The Morgan fingerprint density at radius 2 is 1.65 bits per heavy atom. The molecule has 2 N–H and O–H groups in total. The number of para-hydroxylation sites is 3. The average Bonchev–Trinajstić information content (AvgIpc) is 3.22. The van der Waals surface area contributed by atoms with E-state index in [0.717, 1.165) is 27.8 Å². The smallest absolute Gasteiger partial charge is 0.255 e. The number of rotatable bonds is 6. The molecule has 4 aromatic rings. The molecule has 0 saturated heterocycles. The van der Waals surface area contributed by atoms with Crippen LogP contribution in [0.1, 0.15) is 51.9 Å². The van der Waals surface area contributed by atoms with Crippen molar-refractivity contribution in [2.75, 3.05) is 5.32 Å². The summed E-state index contributed by atoms with van der Waals surface area (Å²) >= 11 is 0. The zero-order valence-electron chi connectivity index (χ0n) is 17.4. The van der Waals surface area contributed by atoms with Gasteiger partial charge in [-0.15, -0.1) is 0 Å². The molecule has 0 saturated carbocycles. The maximum Gasteiger partial charge on any atom is 0.255 e. The Kier molecular flexibility index (Phi) is 5.76. The van der Waals surface area contributed by atoms with Crippen LogP contribution in [0.4, 0.5) is 5.69 Å². The lowest BCUT2D eigenvalue weighted by atomic mass is 10.0. The first kappa shape index (κ1) is 20.3. The summed E-state index contributed by atoms with van der Waals surface area (Å²) in [7, 11) is 0. The second kappa shape index (κ2) is 8.79. The SMILES string of the molecule is CC(C)c1ccccc1NC(=O)c1ccc(C=CC(=O)c2nc3ccccc3[nH]2)cc1. The molecule has 0 radical (unpaired) electrons. The number of H-pyrrole nitrogens is 1. The van der Waals surface area contributed by atoms with Crippen molar-refractivity contribution in [1.82, 2.24) is 9.97 Å². The first-order chi connectivity index (χ1) is 15.0. The summed E-state index contributed by atoms with van der Waals surface area (Å²) in [4.78, 5) is 32.4. The monoisotopic (exact) mass is 409 g/mol. The molecule has 154 valence electrons. The fourth-order valence-electron chi connectivity index (χ4n) is 3.37. The molecule has 4 rings (SSSR count). The predicted molar refractivity (Wildman–Crippen MR) is 124 cm³/mol. The molecule has 0 aliphatic rings. The number of aromatic nitrogens is 2. The summed E-state index contributed by atoms with van der Waals surface area (Å²) < 4.78 is 0. The van der Waals surface area contributed by atoms with Crippen molar-refractivity contribution in [1.29, 1.82) is 0 Å². The van der Waals surface area contributed by atoms with Crippen LogP contribution < -0.4 is 5.32 Å². The molecule has 0 fully saturated rings. The topological polar surface area (TPSA) is 74.8 Å². The Morgan fingerprint density at radius 3 is 2.39 bits per heavy atom. The molecule has 0 bridgehead atoms. The molecular formula is C26H23N3O2. The number of anilines is 1. The van der Waals surface area contributed by atoms with Crippen molar-refractivity contribution in [3.63, 3.8) is 0 Å². The van der Waals surface area contributed by atoms with Crippen molar-refractivity contribution in [2.45, 2.75) is 19.8 Å². The van der Waals surface area contributed by atoms with Gasteiger partial charge in [-0.05, 0) is 53.5 Å². The summed E-state index contributed by atoms with van der Waals surface area (Å²) in [6.07, 6.45) is 3.19. The number of benzene rings is 3. The van der Waals surface area contributed by atoms with E-state index in [1.54, 1.807) is 18.2 Å². The van der Waals surface area contributed by atoms with Gasteiger partial charge >= 0.3 is 0 Å². The van der Waals surface area contributed by atoms with E-state index in [1.807, 2.05) is 60.7 Å². The lowest BCUT2D eigenvalue weighted by Crippen LogP contribution is -2.13. The number of hydrogen-bond donors (Lipinski definition) is 2. The van der Waals surface area contributed by atoms with E-state index in [0.29, 0.717) is 17.3 Å². The number of hydrogen-bond acceptors (Lipinski definition) is 3. The fourth-order valence-corrected chi connectivity index (χ4v) is 3.37. The maximum atomic E-state index is 12.6. The normalized spacial score (nSPS) is 11.3. The van der Waals surface area contributed by atoms with E-state index in [-0.39, 0.29) is 11.7 Å². The van der Waals surface area contributed by atoms with Gasteiger partial charge in [0.15, 0.2) is 5.82 Å². The van der Waals surface area contributed by atoms with E-state index >= 15 is 0 Å². The number of imidazole rings is 1. The second-order valence-electron chi connectivity index (χ2n) is 7.62. The van der Waals surface area contributed by atoms with Crippen molar-refractivity contribution < 1.29 is 9.59 Å². The summed E-state index contributed by atoms with van der Waals surface area (Å²) in [6.45, 7) is 4.19. The van der Waals surface area contributed by atoms with Crippen LogP contribution in [0, 0.1) is 0 Å². The number of ketones is 1. The minimum Gasteiger partial charge on any atom is -0.335 e. The standard InChI is InChI=1S/C26H23N3O2/c1-17(2)20-7-3-4-8-21(20)29-26(31)19-14-11-18(12-15-19)13-16-24(30)25-27-22-9-5-6-10-23(22)28-25/h3-17H,1-2H3,(H,27,28)(H,29,31). The van der Waals surface area contributed by atoms with Crippen LogP contribution in [0.5, 0.6) is 0 Å². The first-order valence-corrected chi connectivity index (χ1v) is 10.2. The van der Waals surface area contributed by atoms with Gasteiger partial charge in [0.2, 0.25) is 5.78 Å². The van der Waals surface area contributed by atoms with Gasteiger partial charge in [-0.3, -0.25) is 9.59 Å². The van der Waals surface area contributed by atoms with Crippen molar-refractivity contribution in [2.24, 2.45) is 0 Å².